The number of phenols is 1. The summed E-state index contributed by atoms with van der Waals surface area (Å²) in [4.78, 5) is 15.2. The van der Waals surface area contributed by atoms with Gasteiger partial charge in [0.1, 0.15) is 5.75 Å². The summed E-state index contributed by atoms with van der Waals surface area (Å²) in [7, 11) is 1.65. The average molecular weight is 377 g/mol. The molecule has 28 heavy (non-hydrogen) atoms. The number of benzene rings is 2. The molecule has 146 valence electrons. The summed E-state index contributed by atoms with van der Waals surface area (Å²) in [6, 6.07) is 13.7. The van der Waals surface area contributed by atoms with Crippen LogP contribution in [0.4, 0.5) is 0 Å². The Morgan fingerprint density at radius 3 is 2.46 bits per heavy atom. The van der Waals surface area contributed by atoms with Crippen LogP contribution in [0.15, 0.2) is 42.5 Å². The number of phenolic OH excluding ortho intramolecular Hbond substituents is 1. The third-order valence-electron chi connectivity index (χ3n) is 5.75. The Balaban J connectivity index is 1.96. The van der Waals surface area contributed by atoms with E-state index in [1.165, 1.54) is 19.3 Å². The normalized spacial score (nSPS) is 15.1. The molecule has 1 amide bonds. The van der Waals surface area contributed by atoms with Crippen LogP contribution in [0, 0.1) is 6.92 Å². The maximum atomic E-state index is 12.8. The van der Waals surface area contributed by atoms with Crippen molar-refractivity contribution < 1.29 is 9.90 Å². The molecule has 0 aliphatic carbocycles. The number of carbonyl (C=O) groups excluding carboxylic acids is 1. The second-order valence-corrected chi connectivity index (χ2v) is 7.50. The Kier molecular flexibility index (Phi) is 5.09. The van der Waals surface area contributed by atoms with Gasteiger partial charge in [0.2, 0.25) is 0 Å². The molecular formula is C23H27N3O2. The molecule has 0 unspecified atom stereocenters. The van der Waals surface area contributed by atoms with E-state index in [4.69, 9.17) is 0 Å². The maximum absolute atomic E-state index is 12.8. The Morgan fingerprint density at radius 1 is 1.07 bits per heavy atom. The molecule has 1 fully saturated rings. The molecule has 5 heteroatoms. The predicted molar refractivity (Wildman–Crippen MR) is 112 cm³/mol. The van der Waals surface area contributed by atoms with E-state index in [9.17, 15) is 9.90 Å². The van der Waals surface area contributed by atoms with Gasteiger partial charge in [-0.25, -0.2) is 0 Å². The van der Waals surface area contributed by atoms with Crippen LogP contribution in [0.5, 0.6) is 5.75 Å². The fourth-order valence-corrected chi connectivity index (χ4v) is 4.38. The highest BCUT2D eigenvalue weighted by molar-refractivity contribution is 6.10. The van der Waals surface area contributed by atoms with Crippen LogP contribution in [0.2, 0.25) is 0 Å². The van der Waals surface area contributed by atoms with Crippen molar-refractivity contribution in [3.05, 3.63) is 59.3 Å². The molecule has 0 saturated carbocycles. The molecule has 0 bridgehead atoms. The fraction of sp³-hybridized carbons (Fsp3) is 0.348. The predicted octanol–water partition coefficient (Wildman–Crippen LogP) is 3.99. The summed E-state index contributed by atoms with van der Waals surface area (Å²) < 4.78 is 2.11. The van der Waals surface area contributed by atoms with Crippen molar-refractivity contribution in [3.63, 3.8) is 0 Å². The number of amides is 1. The van der Waals surface area contributed by atoms with Crippen LogP contribution in [-0.2, 0) is 6.54 Å². The zero-order valence-electron chi connectivity index (χ0n) is 16.5. The highest BCUT2D eigenvalue weighted by Crippen LogP contribution is 2.36. The molecular weight excluding hydrogens is 350 g/mol. The zero-order chi connectivity index (χ0) is 19.7. The number of hydrogen-bond acceptors (Lipinski definition) is 3. The first-order valence-electron chi connectivity index (χ1n) is 9.97. The average Bonchev–Trinajstić information content (AvgIpc) is 3.03. The Morgan fingerprint density at radius 2 is 1.79 bits per heavy atom. The monoisotopic (exact) mass is 377 g/mol. The van der Waals surface area contributed by atoms with Crippen molar-refractivity contribution in [2.24, 2.45) is 0 Å². The molecule has 0 atom stereocenters. The zero-order valence-corrected chi connectivity index (χ0v) is 16.5. The Bertz CT molecular complexity index is 1000. The van der Waals surface area contributed by atoms with Gasteiger partial charge in [0.25, 0.3) is 5.91 Å². The van der Waals surface area contributed by atoms with Gasteiger partial charge in [-0.05, 0) is 57.1 Å². The second kappa shape index (κ2) is 7.68. The SMILES string of the molecule is CNC(=O)c1c(C)n(-c2ccccc2)c2ccc(O)c(CN3CCCCC3)c12. The van der Waals surface area contributed by atoms with Crippen molar-refractivity contribution in [1.82, 2.24) is 14.8 Å². The van der Waals surface area contributed by atoms with Crippen molar-refractivity contribution in [3.8, 4) is 11.4 Å². The van der Waals surface area contributed by atoms with E-state index < -0.39 is 0 Å². The molecule has 2 aromatic carbocycles. The number of aromatic hydroxyl groups is 1. The minimum atomic E-state index is -0.123. The third-order valence-corrected chi connectivity index (χ3v) is 5.75. The van der Waals surface area contributed by atoms with Gasteiger partial charge in [0.05, 0.1) is 11.1 Å². The topological polar surface area (TPSA) is 57.5 Å². The number of para-hydroxylation sites is 1. The smallest absolute Gasteiger partial charge is 0.253 e. The van der Waals surface area contributed by atoms with Crippen molar-refractivity contribution in [2.45, 2.75) is 32.7 Å². The van der Waals surface area contributed by atoms with Gasteiger partial charge >= 0.3 is 0 Å². The van der Waals surface area contributed by atoms with E-state index >= 15 is 0 Å². The van der Waals surface area contributed by atoms with Crippen molar-refractivity contribution in [1.29, 1.82) is 0 Å². The van der Waals surface area contributed by atoms with E-state index in [1.54, 1.807) is 13.1 Å². The van der Waals surface area contributed by atoms with Crippen molar-refractivity contribution >= 4 is 16.8 Å². The van der Waals surface area contributed by atoms with Crippen LogP contribution in [0.3, 0.4) is 0 Å². The quantitative estimate of drug-likeness (QED) is 0.723. The first-order chi connectivity index (χ1) is 13.6. The van der Waals surface area contributed by atoms with Gasteiger partial charge in [-0.2, -0.15) is 0 Å². The highest BCUT2D eigenvalue weighted by Gasteiger charge is 2.25. The molecule has 4 rings (SSSR count). The molecule has 2 heterocycles. The maximum Gasteiger partial charge on any atom is 0.253 e. The van der Waals surface area contributed by atoms with Gasteiger partial charge in [-0.15, -0.1) is 0 Å². The number of nitrogens with zero attached hydrogens (tertiary/aromatic N) is 2. The largest absolute Gasteiger partial charge is 0.508 e. The minimum Gasteiger partial charge on any atom is -0.508 e. The minimum absolute atomic E-state index is 0.123. The molecule has 1 aliphatic rings. The Labute approximate surface area is 165 Å². The summed E-state index contributed by atoms with van der Waals surface area (Å²) in [6.07, 6.45) is 3.63. The second-order valence-electron chi connectivity index (χ2n) is 7.50. The summed E-state index contributed by atoms with van der Waals surface area (Å²) in [5.74, 6) is 0.135. The van der Waals surface area contributed by atoms with E-state index in [2.05, 4.69) is 14.8 Å². The van der Waals surface area contributed by atoms with E-state index in [0.717, 1.165) is 40.9 Å². The molecule has 1 aliphatic heterocycles. The number of hydrogen-bond donors (Lipinski definition) is 2. The van der Waals surface area contributed by atoms with Gasteiger partial charge in [0.15, 0.2) is 0 Å². The molecule has 0 spiro atoms. The molecule has 0 radical (unpaired) electrons. The molecule has 5 nitrogen and oxygen atoms in total. The number of aromatic nitrogens is 1. The third kappa shape index (κ3) is 3.16. The number of likely N-dealkylation sites (tertiary alicyclic amines) is 1. The van der Waals surface area contributed by atoms with Crippen molar-refractivity contribution in [2.75, 3.05) is 20.1 Å². The van der Waals surface area contributed by atoms with E-state index in [0.29, 0.717) is 12.1 Å². The highest BCUT2D eigenvalue weighted by atomic mass is 16.3. The molecule has 2 N–H and O–H groups in total. The fourth-order valence-electron chi connectivity index (χ4n) is 4.38. The lowest BCUT2D eigenvalue weighted by Crippen LogP contribution is -2.29. The lowest BCUT2D eigenvalue weighted by atomic mass is 10.0. The van der Waals surface area contributed by atoms with E-state index in [-0.39, 0.29) is 11.7 Å². The van der Waals surface area contributed by atoms with Gasteiger partial charge in [-0.3, -0.25) is 9.69 Å². The van der Waals surface area contributed by atoms with Crippen LogP contribution in [0.1, 0.15) is 40.9 Å². The van der Waals surface area contributed by atoms with Crippen LogP contribution < -0.4 is 5.32 Å². The van der Waals surface area contributed by atoms with Gasteiger partial charge in [0, 0.05) is 35.9 Å². The standard InChI is InChI=1S/C23H27N3O2/c1-16-21(23(28)24-2)22-18(15-25-13-7-4-8-14-25)20(27)12-11-19(22)26(16)17-9-5-3-6-10-17/h3,5-6,9-12,27H,4,7-8,13-15H2,1-2H3,(H,24,28). The first-order valence-corrected chi connectivity index (χ1v) is 9.97. The summed E-state index contributed by atoms with van der Waals surface area (Å²) in [5, 5.41) is 14.4. The summed E-state index contributed by atoms with van der Waals surface area (Å²) in [5.41, 5.74) is 4.33. The van der Waals surface area contributed by atoms with Crippen LogP contribution in [-0.4, -0.2) is 40.6 Å². The van der Waals surface area contributed by atoms with Crippen LogP contribution >= 0.6 is 0 Å². The number of nitrogens with one attached hydrogen (secondary N) is 1. The molecule has 3 aromatic rings. The first kappa shape index (κ1) is 18.6. The summed E-state index contributed by atoms with van der Waals surface area (Å²) in [6.45, 7) is 4.69. The number of rotatable bonds is 4. The van der Waals surface area contributed by atoms with Crippen LogP contribution in [0.25, 0.3) is 16.6 Å². The Hall–Kier alpha value is -2.79. The lowest BCUT2D eigenvalue weighted by molar-refractivity contribution is 0.0964. The van der Waals surface area contributed by atoms with Gasteiger partial charge in [-0.1, -0.05) is 24.6 Å². The number of piperidine rings is 1. The molecule has 1 saturated heterocycles. The number of carbonyl (C=O) groups is 1. The molecule has 1 aromatic heterocycles. The van der Waals surface area contributed by atoms with Gasteiger partial charge < -0.3 is 15.0 Å². The number of fused-ring (bicyclic) bond motifs is 1. The lowest BCUT2D eigenvalue weighted by Gasteiger charge is -2.27. The van der Waals surface area contributed by atoms with E-state index in [1.807, 2.05) is 43.3 Å². The summed E-state index contributed by atoms with van der Waals surface area (Å²) >= 11 is 0.